The zero-order valence-electron chi connectivity index (χ0n) is 24.9. The standard InChI is InChI=1S/C31H39N5O6S/c1-5-8-21(26(37)29(39)33-18-10-11-18)35-28(38)24-15-19(17-36(24)30(40)42-31(2,3)4)41-25-16-23(20-9-6-7-13-32-20)34-22-12-14-43-27(22)25/h6-7,9,12-14,16,18-19,21,24,26,37H,5,8,10-11,15,17H2,1-4H3,(H,33,39)(H,35,38)/t19?,21-,24?,26?/m0/s1. The fourth-order valence-electron chi connectivity index (χ4n) is 5.09. The van der Waals surface area contributed by atoms with Gasteiger partial charge in [0.15, 0.2) is 6.10 Å². The number of amides is 3. The minimum Gasteiger partial charge on any atom is -0.487 e. The number of likely N-dealkylation sites (tertiary alicyclic amines) is 1. The lowest BCUT2D eigenvalue weighted by atomic mass is 10.0. The number of ether oxygens (including phenoxy) is 2. The lowest BCUT2D eigenvalue weighted by Gasteiger charge is -2.29. The average Bonchev–Trinajstić information content (AvgIpc) is 3.46. The van der Waals surface area contributed by atoms with E-state index in [1.807, 2.05) is 42.6 Å². The topological polar surface area (TPSA) is 143 Å². The summed E-state index contributed by atoms with van der Waals surface area (Å²) >= 11 is 1.49. The molecule has 2 aliphatic rings. The van der Waals surface area contributed by atoms with Crippen LogP contribution in [0.15, 0.2) is 41.9 Å². The van der Waals surface area contributed by atoms with Crippen LogP contribution in [-0.4, -0.2) is 80.4 Å². The first-order chi connectivity index (χ1) is 20.5. The van der Waals surface area contributed by atoms with Gasteiger partial charge in [0.2, 0.25) is 5.91 Å². The Balaban J connectivity index is 1.37. The Labute approximate surface area is 255 Å². The van der Waals surface area contributed by atoms with Crippen LogP contribution in [-0.2, 0) is 14.3 Å². The quantitative estimate of drug-likeness (QED) is 0.313. The second kappa shape index (κ2) is 12.8. The number of hydrogen-bond donors (Lipinski definition) is 3. The summed E-state index contributed by atoms with van der Waals surface area (Å²) in [6, 6.07) is 7.70. The molecule has 0 bridgehead atoms. The van der Waals surface area contributed by atoms with Gasteiger partial charge in [-0.25, -0.2) is 9.78 Å². The third kappa shape index (κ3) is 7.61. The highest BCUT2D eigenvalue weighted by molar-refractivity contribution is 7.17. The molecule has 1 saturated heterocycles. The van der Waals surface area contributed by atoms with E-state index in [0.717, 1.165) is 23.1 Å². The third-order valence-electron chi connectivity index (χ3n) is 7.29. The van der Waals surface area contributed by atoms with Gasteiger partial charge in [-0.1, -0.05) is 19.4 Å². The number of hydrogen-bond acceptors (Lipinski definition) is 9. The molecule has 0 aromatic carbocycles. The molecule has 3 amide bonds. The van der Waals surface area contributed by atoms with Crippen molar-refractivity contribution in [1.82, 2.24) is 25.5 Å². The smallest absolute Gasteiger partial charge is 0.411 e. The highest BCUT2D eigenvalue weighted by Crippen LogP contribution is 2.35. The number of thiophene rings is 1. The second-order valence-corrected chi connectivity index (χ2v) is 13.0. The summed E-state index contributed by atoms with van der Waals surface area (Å²) in [5, 5.41) is 18.4. The predicted octanol–water partition coefficient (Wildman–Crippen LogP) is 4.04. The molecule has 1 aliphatic heterocycles. The fraction of sp³-hybridized carbons (Fsp3) is 0.516. The number of pyridine rings is 2. The summed E-state index contributed by atoms with van der Waals surface area (Å²) in [4.78, 5) is 50.1. The van der Waals surface area contributed by atoms with Gasteiger partial charge in [0.1, 0.15) is 23.5 Å². The third-order valence-corrected chi connectivity index (χ3v) is 8.21. The summed E-state index contributed by atoms with van der Waals surface area (Å²) in [6.45, 7) is 7.32. The van der Waals surface area contributed by atoms with Crippen LogP contribution in [0.1, 0.15) is 59.8 Å². The summed E-state index contributed by atoms with van der Waals surface area (Å²) < 4.78 is 13.0. The summed E-state index contributed by atoms with van der Waals surface area (Å²) in [6.07, 6.45) is 2.14. The molecule has 0 spiro atoms. The van der Waals surface area contributed by atoms with Gasteiger partial charge < -0.3 is 25.2 Å². The number of fused-ring (bicyclic) bond motifs is 1. The van der Waals surface area contributed by atoms with Crippen molar-refractivity contribution >= 4 is 39.5 Å². The molecule has 11 nitrogen and oxygen atoms in total. The van der Waals surface area contributed by atoms with E-state index in [0.29, 0.717) is 30.0 Å². The van der Waals surface area contributed by atoms with Crippen molar-refractivity contribution in [2.24, 2.45) is 0 Å². The van der Waals surface area contributed by atoms with Gasteiger partial charge >= 0.3 is 6.09 Å². The maximum Gasteiger partial charge on any atom is 0.411 e. The second-order valence-electron chi connectivity index (χ2n) is 12.1. The molecule has 2 fully saturated rings. The normalized spacial score (nSPS) is 20.0. The number of aliphatic hydroxyl groups excluding tert-OH is 1. The Morgan fingerprint density at radius 2 is 1.98 bits per heavy atom. The number of aromatic nitrogens is 2. The maximum absolute atomic E-state index is 13.7. The van der Waals surface area contributed by atoms with E-state index in [1.165, 1.54) is 16.2 Å². The molecule has 1 aliphatic carbocycles. The molecule has 0 radical (unpaired) electrons. The number of nitrogens with one attached hydrogen (secondary N) is 2. The first kappa shape index (κ1) is 30.7. The van der Waals surface area contributed by atoms with Crippen LogP contribution >= 0.6 is 11.3 Å². The molecular weight excluding hydrogens is 570 g/mol. The van der Waals surface area contributed by atoms with E-state index in [-0.39, 0.29) is 19.0 Å². The van der Waals surface area contributed by atoms with E-state index in [1.54, 1.807) is 27.0 Å². The van der Waals surface area contributed by atoms with Crippen molar-refractivity contribution in [3.8, 4) is 17.1 Å². The largest absolute Gasteiger partial charge is 0.487 e. The van der Waals surface area contributed by atoms with Gasteiger partial charge in [-0.15, -0.1) is 11.3 Å². The molecule has 3 aromatic rings. The van der Waals surface area contributed by atoms with Gasteiger partial charge in [-0.2, -0.15) is 0 Å². The van der Waals surface area contributed by atoms with Crippen molar-refractivity contribution in [2.75, 3.05) is 6.54 Å². The summed E-state index contributed by atoms with van der Waals surface area (Å²) in [7, 11) is 0. The van der Waals surface area contributed by atoms with Crippen LogP contribution in [0.2, 0.25) is 0 Å². The number of nitrogens with zero attached hydrogens (tertiary/aromatic N) is 3. The average molecular weight is 610 g/mol. The lowest BCUT2D eigenvalue weighted by Crippen LogP contribution is -2.55. The molecule has 5 rings (SSSR count). The van der Waals surface area contributed by atoms with Gasteiger partial charge in [-0.3, -0.25) is 19.5 Å². The molecule has 3 N–H and O–H groups in total. The Morgan fingerprint density at radius 3 is 2.65 bits per heavy atom. The van der Waals surface area contributed by atoms with Crippen LogP contribution in [0.25, 0.3) is 21.6 Å². The summed E-state index contributed by atoms with van der Waals surface area (Å²) in [5.41, 5.74) is 1.34. The minimum atomic E-state index is -1.40. The van der Waals surface area contributed by atoms with Crippen LogP contribution < -0.4 is 15.4 Å². The first-order valence-electron chi connectivity index (χ1n) is 14.8. The number of carbonyl (C=O) groups is 3. The highest BCUT2D eigenvalue weighted by Gasteiger charge is 2.44. The van der Waals surface area contributed by atoms with E-state index in [2.05, 4.69) is 15.6 Å². The Morgan fingerprint density at radius 1 is 1.19 bits per heavy atom. The minimum absolute atomic E-state index is 0.0803. The van der Waals surface area contributed by atoms with Crippen molar-refractivity contribution in [3.05, 3.63) is 41.9 Å². The van der Waals surface area contributed by atoms with Gasteiger partial charge in [0, 0.05) is 24.7 Å². The highest BCUT2D eigenvalue weighted by atomic mass is 32.1. The van der Waals surface area contributed by atoms with E-state index >= 15 is 0 Å². The van der Waals surface area contributed by atoms with Crippen molar-refractivity contribution in [2.45, 2.75) is 95.7 Å². The summed E-state index contributed by atoms with van der Waals surface area (Å²) in [5.74, 6) is -0.384. The molecule has 4 atom stereocenters. The molecule has 43 heavy (non-hydrogen) atoms. The Bertz CT molecular complexity index is 1450. The molecule has 3 aromatic heterocycles. The fourth-order valence-corrected chi connectivity index (χ4v) is 5.88. The van der Waals surface area contributed by atoms with Crippen molar-refractivity contribution < 1.29 is 29.0 Å². The molecule has 4 heterocycles. The van der Waals surface area contributed by atoms with Crippen LogP contribution in [0.4, 0.5) is 4.79 Å². The van der Waals surface area contributed by atoms with Gasteiger partial charge in [0.05, 0.1) is 34.2 Å². The van der Waals surface area contributed by atoms with E-state index < -0.39 is 47.8 Å². The van der Waals surface area contributed by atoms with Crippen molar-refractivity contribution in [1.29, 1.82) is 0 Å². The van der Waals surface area contributed by atoms with Crippen LogP contribution in [0.3, 0.4) is 0 Å². The molecule has 12 heteroatoms. The number of carbonyl (C=O) groups excluding carboxylic acids is 3. The predicted molar refractivity (Wildman–Crippen MR) is 163 cm³/mol. The Kier molecular flexibility index (Phi) is 9.16. The number of rotatable bonds is 10. The van der Waals surface area contributed by atoms with E-state index in [9.17, 15) is 19.5 Å². The zero-order valence-corrected chi connectivity index (χ0v) is 25.7. The monoisotopic (exact) mass is 609 g/mol. The Hall–Kier alpha value is -3.77. The van der Waals surface area contributed by atoms with Gasteiger partial charge in [-0.05, 0) is 63.6 Å². The molecular formula is C31H39N5O6S. The van der Waals surface area contributed by atoms with Crippen molar-refractivity contribution in [3.63, 3.8) is 0 Å². The molecule has 230 valence electrons. The zero-order chi connectivity index (χ0) is 30.7. The van der Waals surface area contributed by atoms with Crippen LogP contribution in [0, 0.1) is 0 Å². The SMILES string of the molecule is CCC[C@H](NC(=O)C1CC(Oc2cc(-c3ccccn3)nc3ccsc23)CN1C(=O)OC(C)(C)C)C(O)C(=O)NC1CC1. The van der Waals surface area contributed by atoms with Gasteiger partial charge in [0.25, 0.3) is 5.91 Å². The van der Waals surface area contributed by atoms with Crippen LogP contribution in [0.5, 0.6) is 5.75 Å². The number of aliphatic hydroxyl groups is 1. The lowest BCUT2D eigenvalue weighted by molar-refractivity contribution is -0.133. The first-order valence-corrected chi connectivity index (χ1v) is 15.6. The van der Waals surface area contributed by atoms with E-state index in [4.69, 9.17) is 14.5 Å². The maximum atomic E-state index is 13.7. The molecule has 1 saturated carbocycles. The molecule has 3 unspecified atom stereocenters.